The Morgan fingerprint density at radius 1 is 1.17 bits per heavy atom. The first-order valence-corrected chi connectivity index (χ1v) is 7.26. The highest BCUT2D eigenvalue weighted by molar-refractivity contribution is 6.30. The van der Waals surface area contributed by atoms with E-state index >= 15 is 0 Å². The van der Waals surface area contributed by atoms with Gasteiger partial charge in [-0.05, 0) is 55.0 Å². The van der Waals surface area contributed by atoms with Crippen LogP contribution in [0, 0.1) is 11.3 Å². The van der Waals surface area contributed by atoms with Gasteiger partial charge in [-0.1, -0.05) is 51.4 Å². The smallest absolute Gasteiger partial charge is 0.0406 e. The van der Waals surface area contributed by atoms with Gasteiger partial charge in [0, 0.05) is 5.02 Å². The van der Waals surface area contributed by atoms with Gasteiger partial charge in [-0.15, -0.1) is 0 Å². The van der Waals surface area contributed by atoms with Crippen molar-refractivity contribution in [2.45, 2.75) is 40.5 Å². The van der Waals surface area contributed by atoms with Crippen molar-refractivity contribution in [2.75, 3.05) is 13.1 Å². The van der Waals surface area contributed by atoms with Crippen LogP contribution in [0.1, 0.15) is 39.7 Å². The van der Waals surface area contributed by atoms with Crippen molar-refractivity contribution >= 4 is 11.6 Å². The molecule has 18 heavy (non-hydrogen) atoms. The number of rotatable bonds is 6. The summed E-state index contributed by atoms with van der Waals surface area (Å²) in [6.45, 7) is 11.4. The number of halogens is 1. The van der Waals surface area contributed by atoms with Crippen LogP contribution in [0.25, 0.3) is 0 Å². The Labute approximate surface area is 117 Å². The predicted molar refractivity (Wildman–Crippen MR) is 81.3 cm³/mol. The predicted octanol–water partition coefficient (Wildman–Crippen LogP) is 4.54. The van der Waals surface area contributed by atoms with E-state index in [0.717, 1.165) is 24.5 Å². The van der Waals surface area contributed by atoms with Crippen molar-refractivity contribution < 1.29 is 0 Å². The van der Waals surface area contributed by atoms with Gasteiger partial charge >= 0.3 is 0 Å². The normalized spacial score (nSPS) is 13.6. The molecule has 0 bridgehead atoms. The fraction of sp³-hybridized carbons (Fsp3) is 0.625. The number of hydrogen-bond donors (Lipinski definition) is 1. The monoisotopic (exact) mass is 267 g/mol. The zero-order valence-corrected chi connectivity index (χ0v) is 12.8. The molecule has 0 radical (unpaired) electrons. The number of hydrogen-bond acceptors (Lipinski definition) is 1. The van der Waals surface area contributed by atoms with Gasteiger partial charge in [-0.2, -0.15) is 0 Å². The Hall–Kier alpha value is -0.530. The van der Waals surface area contributed by atoms with Crippen LogP contribution in [0.4, 0.5) is 0 Å². The molecule has 0 saturated carbocycles. The fourth-order valence-electron chi connectivity index (χ4n) is 2.04. The zero-order chi connectivity index (χ0) is 13.6. The molecule has 1 nitrogen and oxygen atoms in total. The molecule has 0 spiro atoms. The number of benzene rings is 1. The zero-order valence-electron chi connectivity index (χ0n) is 12.1. The summed E-state index contributed by atoms with van der Waals surface area (Å²) in [6.07, 6.45) is 2.30. The molecule has 1 aromatic rings. The average Bonchev–Trinajstić information content (AvgIpc) is 2.29. The highest BCUT2D eigenvalue weighted by atomic mass is 35.5. The summed E-state index contributed by atoms with van der Waals surface area (Å²) in [5.74, 6) is 0.644. The quantitative estimate of drug-likeness (QED) is 0.746. The molecule has 0 aliphatic carbocycles. The van der Waals surface area contributed by atoms with Crippen molar-refractivity contribution in [3.05, 3.63) is 34.9 Å². The molecule has 1 aromatic carbocycles. The van der Waals surface area contributed by atoms with E-state index in [0.29, 0.717) is 11.3 Å². The lowest BCUT2D eigenvalue weighted by molar-refractivity contribution is 0.231. The molecule has 2 heteroatoms. The van der Waals surface area contributed by atoms with Crippen LogP contribution in [0.2, 0.25) is 5.02 Å². The molecular formula is C16H26ClN. The molecule has 0 amide bonds. The van der Waals surface area contributed by atoms with Gasteiger partial charge in [-0.25, -0.2) is 0 Å². The Morgan fingerprint density at radius 2 is 1.78 bits per heavy atom. The van der Waals surface area contributed by atoms with E-state index in [1.807, 2.05) is 12.1 Å². The van der Waals surface area contributed by atoms with Crippen LogP contribution in [0.3, 0.4) is 0 Å². The van der Waals surface area contributed by atoms with Gasteiger partial charge in [-0.3, -0.25) is 0 Å². The molecule has 1 atom stereocenters. The van der Waals surface area contributed by atoms with Gasteiger partial charge in [0.05, 0.1) is 0 Å². The molecule has 0 aromatic heterocycles. The fourth-order valence-corrected chi connectivity index (χ4v) is 2.17. The second kappa shape index (κ2) is 7.16. The van der Waals surface area contributed by atoms with E-state index in [-0.39, 0.29) is 0 Å². The van der Waals surface area contributed by atoms with Crippen molar-refractivity contribution in [2.24, 2.45) is 11.3 Å². The minimum absolute atomic E-state index is 0.320. The summed E-state index contributed by atoms with van der Waals surface area (Å²) in [6, 6.07) is 8.24. The SMILES string of the molecule is CCCNCC(Cc1ccc(Cl)cc1)C(C)(C)C. The maximum atomic E-state index is 5.93. The molecule has 0 saturated heterocycles. The lowest BCUT2D eigenvalue weighted by atomic mass is 9.77. The van der Waals surface area contributed by atoms with Crippen LogP contribution in [-0.4, -0.2) is 13.1 Å². The molecule has 102 valence electrons. The molecular weight excluding hydrogens is 242 g/mol. The first kappa shape index (κ1) is 15.5. The van der Waals surface area contributed by atoms with Crippen LogP contribution in [0.15, 0.2) is 24.3 Å². The van der Waals surface area contributed by atoms with Crippen molar-refractivity contribution in [1.29, 1.82) is 0 Å². The highest BCUT2D eigenvalue weighted by Crippen LogP contribution is 2.29. The van der Waals surface area contributed by atoms with Gasteiger partial charge in [0.25, 0.3) is 0 Å². The number of nitrogens with one attached hydrogen (secondary N) is 1. The van der Waals surface area contributed by atoms with Crippen LogP contribution in [0.5, 0.6) is 0 Å². The molecule has 0 aliphatic rings. The Bertz CT molecular complexity index is 337. The maximum absolute atomic E-state index is 5.93. The average molecular weight is 268 g/mol. The second-order valence-corrected chi connectivity index (χ2v) is 6.53. The van der Waals surface area contributed by atoms with E-state index in [1.54, 1.807) is 0 Å². The van der Waals surface area contributed by atoms with Crippen molar-refractivity contribution in [1.82, 2.24) is 5.32 Å². The summed E-state index contributed by atoms with van der Waals surface area (Å²) in [5, 5.41) is 4.36. The standard InChI is InChI=1S/C16H26ClN/c1-5-10-18-12-14(16(2,3)4)11-13-6-8-15(17)9-7-13/h6-9,14,18H,5,10-12H2,1-4H3. The van der Waals surface area contributed by atoms with Gasteiger partial charge in [0.15, 0.2) is 0 Å². The topological polar surface area (TPSA) is 12.0 Å². The third-order valence-corrected chi connectivity index (χ3v) is 3.69. The summed E-state index contributed by atoms with van der Waals surface area (Å²) in [5.41, 5.74) is 1.69. The minimum atomic E-state index is 0.320. The lowest BCUT2D eigenvalue weighted by Gasteiger charge is -2.31. The lowest BCUT2D eigenvalue weighted by Crippen LogP contribution is -2.33. The van der Waals surface area contributed by atoms with Crippen molar-refractivity contribution in [3.63, 3.8) is 0 Å². The molecule has 0 aliphatic heterocycles. The third-order valence-electron chi connectivity index (χ3n) is 3.44. The largest absolute Gasteiger partial charge is 0.316 e. The Balaban J connectivity index is 2.63. The van der Waals surface area contributed by atoms with Crippen molar-refractivity contribution in [3.8, 4) is 0 Å². The van der Waals surface area contributed by atoms with Gasteiger partial charge in [0.1, 0.15) is 0 Å². The van der Waals surface area contributed by atoms with Crippen LogP contribution in [-0.2, 0) is 6.42 Å². The summed E-state index contributed by atoms with van der Waals surface area (Å²) < 4.78 is 0. The van der Waals surface area contributed by atoms with Crippen LogP contribution >= 0.6 is 11.6 Å². The van der Waals surface area contributed by atoms with E-state index in [4.69, 9.17) is 11.6 Å². The first-order valence-electron chi connectivity index (χ1n) is 6.88. The summed E-state index contributed by atoms with van der Waals surface area (Å²) in [4.78, 5) is 0. The molecule has 0 heterocycles. The second-order valence-electron chi connectivity index (χ2n) is 6.10. The first-order chi connectivity index (χ1) is 8.43. The third kappa shape index (κ3) is 5.41. The summed E-state index contributed by atoms with van der Waals surface area (Å²) >= 11 is 5.93. The summed E-state index contributed by atoms with van der Waals surface area (Å²) in [7, 11) is 0. The molecule has 0 fully saturated rings. The van der Waals surface area contributed by atoms with E-state index in [1.165, 1.54) is 12.0 Å². The van der Waals surface area contributed by atoms with Crippen LogP contribution < -0.4 is 5.32 Å². The Kier molecular flexibility index (Phi) is 6.17. The Morgan fingerprint density at radius 3 is 2.28 bits per heavy atom. The molecule has 1 rings (SSSR count). The van der Waals surface area contributed by atoms with E-state index in [2.05, 4.69) is 45.1 Å². The van der Waals surface area contributed by atoms with E-state index in [9.17, 15) is 0 Å². The highest BCUT2D eigenvalue weighted by Gasteiger charge is 2.24. The molecule has 1 unspecified atom stereocenters. The molecule has 1 N–H and O–H groups in total. The van der Waals surface area contributed by atoms with Gasteiger partial charge < -0.3 is 5.32 Å². The maximum Gasteiger partial charge on any atom is 0.0406 e. The van der Waals surface area contributed by atoms with Gasteiger partial charge in [0.2, 0.25) is 0 Å². The minimum Gasteiger partial charge on any atom is -0.316 e. The van der Waals surface area contributed by atoms with E-state index < -0.39 is 0 Å².